The molecule has 1 fully saturated rings. The normalized spacial score (nSPS) is 21.9. The maximum absolute atomic E-state index is 12.3. The van der Waals surface area contributed by atoms with E-state index in [0.29, 0.717) is 10.6 Å². The third kappa shape index (κ3) is 4.70. The summed E-state index contributed by atoms with van der Waals surface area (Å²) in [5, 5.41) is 9.80. The second kappa shape index (κ2) is 9.54. The number of carbonyl (C=O) groups excluding carboxylic acids is 2. The van der Waals surface area contributed by atoms with Crippen molar-refractivity contribution in [1.29, 1.82) is 0 Å². The minimum atomic E-state index is -1.30. The van der Waals surface area contributed by atoms with Crippen LogP contribution < -0.4 is 4.74 Å². The number of ether oxygens (including phenoxy) is 2. The van der Waals surface area contributed by atoms with Gasteiger partial charge in [0, 0.05) is 6.42 Å². The van der Waals surface area contributed by atoms with E-state index < -0.39 is 28.1 Å². The molecule has 1 amide bonds. The average molecular weight is 468 g/mol. The Kier molecular flexibility index (Phi) is 7.23. The molecule has 31 heavy (non-hydrogen) atoms. The van der Waals surface area contributed by atoms with Gasteiger partial charge in [0.2, 0.25) is 5.91 Å². The van der Waals surface area contributed by atoms with Gasteiger partial charge in [-0.2, -0.15) is 0 Å². The molecule has 8 nitrogen and oxygen atoms in total. The van der Waals surface area contributed by atoms with Crippen LogP contribution in [0.5, 0.6) is 5.75 Å². The van der Waals surface area contributed by atoms with Gasteiger partial charge in [0.15, 0.2) is 15.7 Å². The summed E-state index contributed by atoms with van der Waals surface area (Å²) in [6.07, 6.45) is 3.77. The number of unbranched alkanes of at least 4 members (excludes halogenated alkanes) is 2. The number of fused-ring (bicyclic) bond motifs is 1. The van der Waals surface area contributed by atoms with E-state index in [1.165, 1.54) is 0 Å². The lowest BCUT2D eigenvalue weighted by atomic mass is 9.95. The van der Waals surface area contributed by atoms with Gasteiger partial charge in [-0.15, -0.1) is 0 Å². The van der Waals surface area contributed by atoms with Gasteiger partial charge in [-0.25, -0.2) is 4.79 Å². The fourth-order valence-corrected chi connectivity index (χ4v) is 5.47. The molecule has 2 heterocycles. The first-order chi connectivity index (χ1) is 14.7. The number of carboxylic acids is 1. The average Bonchev–Trinajstić information content (AvgIpc) is 2.97. The van der Waals surface area contributed by atoms with Gasteiger partial charge in [0.05, 0.1) is 6.42 Å². The van der Waals surface area contributed by atoms with E-state index in [2.05, 4.69) is 0 Å². The fourth-order valence-electron chi connectivity index (χ4n) is 3.52. The topological polar surface area (TPSA) is 116 Å². The van der Waals surface area contributed by atoms with E-state index in [-0.39, 0.29) is 35.5 Å². The third-order valence-electron chi connectivity index (χ3n) is 5.22. The quantitative estimate of drug-likeness (QED) is 0.241. The Morgan fingerprint density at radius 3 is 2.55 bits per heavy atom. The van der Waals surface area contributed by atoms with Crippen molar-refractivity contribution in [1.82, 2.24) is 4.90 Å². The van der Waals surface area contributed by atoms with Crippen molar-refractivity contribution in [2.75, 3.05) is 6.26 Å². The fraction of sp³-hybridized carbons (Fsp3) is 0.476. The zero-order chi connectivity index (χ0) is 22.8. The Labute approximate surface area is 188 Å². The Balaban J connectivity index is 1.79. The zero-order valence-corrected chi connectivity index (χ0v) is 19.2. The van der Waals surface area contributed by atoms with Crippen LogP contribution in [0, 0.1) is 0 Å². The van der Waals surface area contributed by atoms with Crippen molar-refractivity contribution in [3.05, 3.63) is 35.1 Å². The Morgan fingerprint density at radius 1 is 1.32 bits per heavy atom. The number of rotatable bonds is 10. The van der Waals surface area contributed by atoms with Gasteiger partial charge in [0.1, 0.15) is 23.0 Å². The van der Waals surface area contributed by atoms with Crippen LogP contribution in [-0.2, 0) is 30.3 Å². The molecule has 1 aromatic rings. The van der Waals surface area contributed by atoms with E-state index in [4.69, 9.17) is 9.47 Å². The Morgan fingerprint density at radius 2 is 2.00 bits per heavy atom. The van der Waals surface area contributed by atoms with Crippen LogP contribution in [0.3, 0.4) is 0 Å². The molecule has 3 rings (SSSR count). The van der Waals surface area contributed by atoms with Crippen molar-refractivity contribution in [2.24, 2.45) is 0 Å². The predicted molar refractivity (Wildman–Crippen MR) is 116 cm³/mol. The molecule has 0 radical (unpaired) electrons. The number of carbonyl (C=O) groups is 3. The van der Waals surface area contributed by atoms with Crippen molar-refractivity contribution >= 4 is 40.8 Å². The summed E-state index contributed by atoms with van der Waals surface area (Å²) in [5.74, 6) is -1.69. The van der Waals surface area contributed by atoms with Gasteiger partial charge >= 0.3 is 11.9 Å². The SMILES string of the molecule is CCCCCC(=O)O[C@H](C)[C@@]12CC(=O)N1C(C(=O)O)=C(Oc1ccc([S+](C)[O-])cc1)S2. The smallest absolute Gasteiger partial charge is 0.357 e. The van der Waals surface area contributed by atoms with Crippen LogP contribution in [0.25, 0.3) is 0 Å². The number of amides is 1. The monoisotopic (exact) mass is 467 g/mol. The Hall–Kier alpha value is -2.17. The molecule has 3 atom stereocenters. The second-order valence-electron chi connectivity index (χ2n) is 7.41. The summed E-state index contributed by atoms with van der Waals surface area (Å²) >= 11 is -0.0758. The van der Waals surface area contributed by atoms with Crippen LogP contribution in [0.1, 0.15) is 46.0 Å². The molecule has 1 aromatic carbocycles. The molecule has 1 unspecified atom stereocenters. The molecule has 2 aliphatic rings. The van der Waals surface area contributed by atoms with Crippen LogP contribution in [0.2, 0.25) is 0 Å². The second-order valence-corrected chi connectivity index (χ2v) is 10.1. The minimum Gasteiger partial charge on any atom is -0.612 e. The van der Waals surface area contributed by atoms with Gasteiger partial charge in [-0.1, -0.05) is 31.5 Å². The van der Waals surface area contributed by atoms with Crippen LogP contribution in [-0.4, -0.2) is 49.6 Å². The number of hydrogen-bond acceptors (Lipinski definition) is 7. The van der Waals surface area contributed by atoms with E-state index in [1.807, 2.05) is 6.92 Å². The highest BCUT2D eigenvalue weighted by Gasteiger charge is 2.65. The highest BCUT2D eigenvalue weighted by molar-refractivity contribution is 8.04. The molecule has 0 aromatic heterocycles. The summed E-state index contributed by atoms with van der Waals surface area (Å²) in [7, 11) is 0. The largest absolute Gasteiger partial charge is 0.612 e. The van der Waals surface area contributed by atoms with Crippen LogP contribution >= 0.6 is 11.8 Å². The van der Waals surface area contributed by atoms with E-state index in [9.17, 15) is 24.0 Å². The van der Waals surface area contributed by atoms with Gasteiger partial charge in [-0.05, 0) is 48.8 Å². The summed E-state index contributed by atoms with van der Waals surface area (Å²) in [5.41, 5.74) is -0.265. The third-order valence-corrected chi connectivity index (χ3v) is 7.63. The number of esters is 1. The van der Waals surface area contributed by atoms with E-state index in [0.717, 1.165) is 35.9 Å². The lowest BCUT2D eigenvalue weighted by Crippen LogP contribution is -2.65. The lowest BCUT2D eigenvalue weighted by molar-refractivity contribution is -0.167. The van der Waals surface area contributed by atoms with Gasteiger partial charge < -0.3 is 19.1 Å². The lowest BCUT2D eigenvalue weighted by Gasteiger charge is -2.48. The molecule has 168 valence electrons. The molecule has 1 saturated heterocycles. The molecule has 10 heteroatoms. The number of benzene rings is 1. The first-order valence-electron chi connectivity index (χ1n) is 10.00. The van der Waals surface area contributed by atoms with Crippen molar-refractivity contribution in [2.45, 2.75) is 61.8 Å². The van der Waals surface area contributed by atoms with Crippen LogP contribution in [0.15, 0.2) is 39.9 Å². The number of nitrogens with zero attached hydrogens (tertiary/aromatic N) is 1. The first kappa shape index (κ1) is 23.5. The molecule has 1 N–H and O–H groups in total. The molecular weight excluding hydrogens is 442 g/mol. The summed E-state index contributed by atoms with van der Waals surface area (Å²) in [4.78, 5) is 37.2. The summed E-state index contributed by atoms with van der Waals surface area (Å²) in [6.45, 7) is 3.70. The maximum Gasteiger partial charge on any atom is 0.357 e. The molecule has 0 saturated carbocycles. The van der Waals surface area contributed by atoms with Crippen molar-refractivity contribution in [3.8, 4) is 5.75 Å². The van der Waals surface area contributed by atoms with Crippen molar-refractivity contribution < 1.29 is 33.5 Å². The molecule has 0 spiro atoms. The summed E-state index contributed by atoms with van der Waals surface area (Å²) in [6, 6.07) is 6.43. The van der Waals surface area contributed by atoms with E-state index in [1.54, 1.807) is 37.4 Å². The number of aliphatic carboxylic acids is 1. The number of β-lactam (4-membered cyclic amide) rings is 1. The van der Waals surface area contributed by atoms with Gasteiger partial charge in [-0.3, -0.25) is 14.5 Å². The molecule has 0 aliphatic carbocycles. The Bertz CT molecular complexity index is 899. The molecule has 2 aliphatic heterocycles. The summed E-state index contributed by atoms with van der Waals surface area (Å²) < 4.78 is 22.9. The van der Waals surface area contributed by atoms with Gasteiger partial charge in [0.25, 0.3) is 0 Å². The minimum absolute atomic E-state index is 0.0401. The van der Waals surface area contributed by atoms with E-state index >= 15 is 0 Å². The number of hydrogen-bond donors (Lipinski definition) is 1. The first-order valence-corrected chi connectivity index (χ1v) is 12.4. The highest BCUT2D eigenvalue weighted by atomic mass is 32.2. The maximum atomic E-state index is 12.3. The number of thioether (sulfide) groups is 1. The zero-order valence-electron chi connectivity index (χ0n) is 17.6. The molecule has 0 bridgehead atoms. The van der Waals surface area contributed by atoms with Crippen molar-refractivity contribution in [3.63, 3.8) is 0 Å². The predicted octanol–water partition coefficient (Wildman–Crippen LogP) is 3.24. The number of carboxylic acid groups (broad SMARTS) is 1. The van der Waals surface area contributed by atoms with Crippen LogP contribution in [0.4, 0.5) is 0 Å². The highest BCUT2D eigenvalue weighted by Crippen LogP contribution is 2.57. The molecular formula is C21H25NO7S2. The standard InChI is InChI=1S/C21H25NO7S2/c1-4-5-6-7-17(24)28-13(2)21-12-16(23)22(21)18(19(25)26)20(30-21)29-14-8-10-15(11-9-14)31(3)27/h8-11,13H,4-7,12H2,1-3H3,(H,25,26)/t13-,21+,31?/m1/s1.